The number of ether oxygens (including phenoxy) is 4. The molecule has 6 nitrogen and oxygen atoms in total. The highest BCUT2D eigenvalue weighted by molar-refractivity contribution is 5.54. The van der Waals surface area contributed by atoms with Crippen molar-refractivity contribution in [2.24, 2.45) is 5.73 Å². The van der Waals surface area contributed by atoms with Gasteiger partial charge in [0, 0.05) is 26.2 Å². The van der Waals surface area contributed by atoms with Gasteiger partial charge in [0.25, 0.3) is 0 Å². The molecule has 6 heteroatoms. The summed E-state index contributed by atoms with van der Waals surface area (Å²) in [7, 11) is 8.50. The first-order valence-electron chi connectivity index (χ1n) is 6.82. The minimum atomic E-state index is 0.0499. The van der Waals surface area contributed by atoms with E-state index in [0.717, 1.165) is 12.1 Å². The van der Waals surface area contributed by atoms with Crippen molar-refractivity contribution in [2.75, 3.05) is 55.2 Å². The molecule has 1 aromatic rings. The summed E-state index contributed by atoms with van der Waals surface area (Å²) in [5.41, 5.74) is 6.95. The van der Waals surface area contributed by atoms with E-state index in [1.165, 1.54) is 0 Å². The highest BCUT2D eigenvalue weighted by Crippen LogP contribution is 2.40. The molecule has 1 unspecified atom stereocenters. The lowest BCUT2D eigenvalue weighted by atomic mass is 10.0. The van der Waals surface area contributed by atoms with Crippen LogP contribution >= 0.6 is 0 Å². The topological polar surface area (TPSA) is 66.2 Å². The molecule has 0 fully saturated rings. The average Bonchev–Trinajstić information content (AvgIpc) is 2.52. The number of nitrogens with zero attached hydrogens (tertiary/aromatic N) is 1. The molecule has 1 atom stereocenters. The molecule has 120 valence electrons. The van der Waals surface area contributed by atoms with Crippen LogP contribution in [0.1, 0.15) is 11.6 Å². The van der Waals surface area contributed by atoms with Gasteiger partial charge in [0.2, 0.25) is 5.75 Å². The molecule has 0 heterocycles. The van der Waals surface area contributed by atoms with Crippen molar-refractivity contribution in [3.05, 3.63) is 17.7 Å². The van der Waals surface area contributed by atoms with E-state index >= 15 is 0 Å². The zero-order valence-electron chi connectivity index (χ0n) is 13.5. The van der Waals surface area contributed by atoms with E-state index in [1.54, 1.807) is 28.4 Å². The van der Waals surface area contributed by atoms with Crippen molar-refractivity contribution in [1.82, 2.24) is 4.90 Å². The molecule has 0 saturated heterocycles. The van der Waals surface area contributed by atoms with E-state index in [2.05, 4.69) is 4.90 Å². The van der Waals surface area contributed by atoms with Crippen molar-refractivity contribution >= 4 is 0 Å². The standard InChI is InChI=1S/C15H26N2O4/c1-17(6-7-18-2)12(10-16)11-8-13(19-3)15(21-5)14(9-11)20-4/h8-9,12H,6-7,10,16H2,1-5H3. The van der Waals surface area contributed by atoms with Gasteiger partial charge in [0.15, 0.2) is 11.5 Å². The Labute approximate surface area is 126 Å². The second-order valence-corrected chi connectivity index (χ2v) is 4.68. The van der Waals surface area contributed by atoms with Crippen molar-refractivity contribution < 1.29 is 18.9 Å². The lowest BCUT2D eigenvalue weighted by Gasteiger charge is -2.28. The van der Waals surface area contributed by atoms with Gasteiger partial charge in [0.1, 0.15) is 0 Å². The lowest BCUT2D eigenvalue weighted by Crippen LogP contribution is -2.33. The highest BCUT2D eigenvalue weighted by atomic mass is 16.5. The summed E-state index contributed by atoms with van der Waals surface area (Å²) < 4.78 is 21.2. The molecule has 0 radical (unpaired) electrons. The van der Waals surface area contributed by atoms with Gasteiger partial charge in [-0.05, 0) is 24.7 Å². The van der Waals surface area contributed by atoms with E-state index in [0.29, 0.717) is 30.4 Å². The third-order valence-corrected chi connectivity index (χ3v) is 3.48. The van der Waals surface area contributed by atoms with Crippen molar-refractivity contribution in [2.45, 2.75) is 6.04 Å². The van der Waals surface area contributed by atoms with Gasteiger partial charge in [-0.25, -0.2) is 0 Å². The van der Waals surface area contributed by atoms with Crippen LogP contribution in [0.15, 0.2) is 12.1 Å². The van der Waals surface area contributed by atoms with Gasteiger partial charge in [-0.15, -0.1) is 0 Å². The molecule has 0 saturated carbocycles. The maximum absolute atomic E-state index is 5.94. The first kappa shape index (κ1) is 17.6. The van der Waals surface area contributed by atoms with Crippen LogP contribution in [-0.4, -0.2) is 60.1 Å². The van der Waals surface area contributed by atoms with Crippen LogP contribution in [-0.2, 0) is 4.74 Å². The van der Waals surface area contributed by atoms with Crippen molar-refractivity contribution in [3.63, 3.8) is 0 Å². The van der Waals surface area contributed by atoms with E-state index in [1.807, 2.05) is 19.2 Å². The summed E-state index contributed by atoms with van der Waals surface area (Å²) in [5.74, 6) is 1.84. The number of methoxy groups -OCH3 is 4. The SMILES string of the molecule is COCCN(C)C(CN)c1cc(OC)c(OC)c(OC)c1. The molecule has 0 amide bonds. The van der Waals surface area contributed by atoms with E-state index in [9.17, 15) is 0 Å². The number of nitrogens with two attached hydrogens (primary N) is 1. The Balaban J connectivity index is 3.14. The van der Waals surface area contributed by atoms with Crippen molar-refractivity contribution in [1.29, 1.82) is 0 Å². The van der Waals surface area contributed by atoms with Crippen LogP contribution in [0.25, 0.3) is 0 Å². The number of hydrogen-bond acceptors (Lipinski definition) is 6. The second kappa shape index (κ2) is 8.71. The molecular formula is C15H26N2O4. The Morgan fingerprint density at radius 1 is 1.05 bits per heavy atom. The molecule has 1 aromatic carbocycles. The summed E-state index contributed by atoms with van der Waals surface area (Å²) in [5, 5.41) is 0. The maximum atomic E-state index is 5.94. The number of likely N-dealkylation sites (N-methyl/N-ethyl adjacent to an activating group) is 1. The van der Waals surface area contributed by atoms with Crippen LogP contribution in [0, 0.1) is 0 Å². The molecule has 1 rings (SSSR count). The molecular weight excluding hydrogens is 272 g/mol. The Kier molecular flexibility index (Phi) is 7.28. The summed E-state index contributed by atoms with van der Waals surface area (Å²) in [6, 6.07) is 3.92. The fraction of sp³-hybridized carbons (Fsp3) is 0.600. The molecule has 0 aliphatic heterocycles. The fourth-order valence-corrected chi connectivity index (χ4v) is 2.26. The Hall–Kier alpha value is -1.50. The molecule has 0 bridgehead atoms. The summed E-state index contributed by atoms with van der Waals surface area (Å²) >= 11 is 0. The third kappa shape index (κ3) is 4.23. The number of rotatable bonds is 9. The summed E-state index contributed by atoms with van der Waals surface area (Å²) in [4.78, 5) is 2.14. The summed E-state index contributed by atoms with van der Waals surface area (Å²) in [6.07, 6.45) is 0. The first-order chi connectivity index (χ1) is 10.1. The van der Waals surface area contributed by atoms with Crippen LogP contribution in [0.5, 0.6) is 17.2 Å². The van der Waals surface area contributed by atoms with Gasteiger partial charge < -0.3 is 24.7 Å². The molecule has 0 aromatic heterocycles. The Morgan fingerprint density at radius 3 is 2.00 bits per heavy atom. The lowest BCUT2D eigenvalue weighted by molar-refractivity contribution is 0.140. The molecule has 0 aliphatic rings. The highest BCUT2D eigenvalue weighted by Gasteiger charge is 2.20. The van der Waals surface area contributed by atoms with E-state index in [4.69, 9.17) is 24.7 Å². The zero-order valence-corrected chi connectivity index (χ0v) is 13.5. The molecule has 2 N–H and O–H groups in total. The molecule has 0 spiro atoms. The monoisotopic (exact) mass is 298 g/mol. The van der Waals surface area contributed by atoms with E-state index in [-0.39, 0.29) is 6.04 Å². The largest absolute Gasteiger partial charge is 0.493 e. The number of benzene rings is 1. The van der Waals surface area contributed by atoms with E-state index < -0.39 is 0 Å². The quantitative estimate of drug-likeness (QED) is 0.741. The van der Waals surface area contributed by atoms with Crippen LogP contribution in [0.4, 0.5) is 0 Å². The summed E-state index contributed by atoms with van der Waals surface area (Å²) in [6.45, 7) is 1.92. The first-order valence-corrected chi connectivity index (χ1v) is 6.82. The van der Waals surface area contributed by atoms with Crippen LogP contribution in [0.2, 0.25) is 0 Å². The average molecular weight is 298 g/mol. The van der Waals surface area contributed by atoms with Crippen LogP contribution in [0.3, 0.4) is 0 Å². The number of hydrogen-bond donors (Lipinski definition) is 1. The van der Waals surface area contributed by atoms with Crippen LogP contribution < -0.4 is 19.9 Å². The molecule has 21 heavy (non-hydrogen) atoms. The zero-order chi connectivity index (χ0) is 15.8. The molecule has 0 aliphatic carbocycles. The normalized spacial score (nSPS) is 12.3. The predicted octanol–water partition coefficient (Wildman–Crippen LogP) is 1.29. The smallest absolute Gasteiger partial charge is 0.203 e. The van der Waals surface area contributed by atoms with Crippen molar-refractivity contribution in [3.8, 4) is 17.2 Å². The van der Waals surface area contributed by atoms with Gasteiger partial charge in [-0.3, -0.25) is 4.90 Å². The van der Waals surface area contributed by atoms with Gasteiger partial charge in [-0.2, -0.15) is 0 Å². The van der Waals surface area contributed by atoms with Gasteiger partial charge in [-0.1, -0.05) is 0 Å². The third-order valence-electron chi connectivity index (χ3n) is 3.48. The Bertz CT molecular complexity index is 415. The minimum absolute atomic E-state index is 0.0499. The Morgan fingerprint density at radius 2 is 1.62 bits per heavy atom. The minimum Gasteiger partial charge on any atom is -0.493 e. The van der Waals surface area contributed by atoms with Gasteiger partial charge >= 0.3 is 0 Å². The second-order valence-electron chi connectivity index (χ2n) is 4.68. The fourth-order valence-electron chi connectivity index (χ4n) is 2.26. The maximum Gasteiger partial charge on any atom is 0.203 e. The predicted molar refractivity (Wildman–Crippen MR) is 82.4 cm³/mol. The van der Waals surface area contributed by atoms with Gasteiger partial charge in [0.05, 0.1) is 27.9 Å².